The lowest BCUT2D eigenvalue weighted by Crippen LogP contribution is -2.51. The average Bonchev–Trinajstić information content (AvgIpc) is 2.64. The Kier molecular flexibility index (Phi) is 4.87. The Labute approximate surface area is 111 Å². The van der Waals surface area contributed by atoms with E-state index >= 15 is 0 Å². The maximum atomic E-state index is 12.4. The lowest BCUT2D eigenvalue weighted by Gasteiger charge is -2.33. The molecular formula is C14H27N3O. The van der Waals surface area contributed by atoms with E-state index in [1.165, 1.54) is 19.3 Å². The second-order valence-corrected chi connectivity index (χ2v) is 5.94. The summed E-state index contributed by atoms with van der Waals surface area (Å²) >= 11 is 0. The van der Waals surface area contributed by atoms with Crippen molar-refractivity contribution in [2.45, 2.75) is 33.1 Å². The number of nitrogens with one attached hydrogen (secondary N) is 1. The number of carbonyl (C=O) groups is 1. The monoisotopic (exact) mass is 253 g/mol. The van der Waals surface area contributed by atoms with Crippen molar-refractivity contribution in [2.75, 3.05) is 39.3 Å². The molecule has 0 bridgehead atoms. The number of hydrogen-bond donors (Lipinski definition) is 1. The third-order valence-electron chi connectivity index (χ3n) is 4.37. The van der Waals surface area contributed by atoms with Crippen LogP contribution in [0.3, 0.4) is 0 Å². The van der Waals surface area contributed by atoms with Gasteiger partial charge in [0.15, 0.2) is 0 Å². The lowest BCUT2D eigenvalue weighted by molar-refractivity contribution is 0.147. The van der Waals surface area contributed by atoms with Crippen molar-refractivity contribution in [2.24, 2.45) is 11.8 Å². The van der Waals surface area contributed by atoms with Crippen LogP contribution in [0.25, 0.3) is 0 Å². The van der Waals surface area contributed by atoms with Crippen molar-refractivity contribution in [3.8, 4) is 0 Å². The Hall–Kier alpha value is -0.770. The fraction of sp³-hybridized carbons (Fsp3) is 0.929. The quantitative estimate of drug-likeness (QED) is 0.773. The zero-order valence-electron chi connectivity index (χ0n) is 11.8. The molecule has 0 aliphatic carbocycles. The molecule has 1 unspecified atom stereocenters. The van der Waals surface area contributed by atoms with E-state index in [1.54, 1.807) is 0 Å². The first-order chi connectivity index (χ1) is 8.68. The van der Waals surface area contributed by atoms with Crippen LogP contribution >= 0.6 is 0 Å². The predicted molar refractivity (Wildman–Crippen MR) is 73.6 cm³/mol. The highest BCUT2D eigenvalue weighted by Crippen LogP contribution is 2.25. The molecular weight excluding hydrogens is 226 g/mol. The molecule has 1 atom stereocenters. The van der Waals surface area contributed by atoms with E-state index in [9.17, 15) is 4.79 Å². The first kappa shape index (κ1) is 13.7. The zero-order valence-corrected chi connectivity index (χ0v) is 11.8. The van der Waals surface area contributed by atoms with Crippen LogP contribution in [0.1, 0.15) is 33.1 Å². The van der Waals surface area contributed by atoms with Crippen molar-refractivity contribution in [1.29, 1.82) is 0 Å². The van der Waals surface area contributed by atoms with Crippen molar-refractivity contribution < 1.29 is 4.79 Å². The summed E-state index contributed by atoms with van der Waals surface area (Å²) in [5.41, 5.74) is 0. The van der Waals surface area contributed by atoms with Gasteiger partial charge >= 0.3 is 6.03 Å². The topological polar surface area (TPSA) is 35.6 Å². The van der Waals surface area contributed by atoms with Gasteiger partial charge in [-0.2, -0.15) is 0 Å². The van der Waals surface area contributed by atoms with Crippen molar-refractivity contribution in [3.05, 3.63) is 0 Å². The largest absolute Gasteiger partial charge is 0.325 e. The summed E-state index contributed by atoms with van der Waals surface area (Å²) in [5.74, 6) is 1.55. The normalized spacial score (nSPS) is 26.3. The second kappa shape index (κ2) is 6.41. The van der Waals surface area contributed by atoms with Crippen LogP contribution in [-0.4, -0.2) is 55.1 Å². The van der Waals surface area contributed by atoms with Gasteiger partial charge in [-0.3, -0.25) is 0 Å². The van der Waals surface area contributed by atoms with Gasteiger partial charge in [0.1, 0.15) is 0 Å². The molecule has 0 aromatic rings. The minimum absolute atomic E-state index is 0.265. The molecule has 2 rings (SSSR count). The molecule has 2 fully saturated rings. The fourth-order valence-electron chi connectivity index (χ4n) is 3.04. The number of rotatable bonds is 1. The standard InChI is InChI=1S/C14H27N3O/c1-12(2)13-4-3-8-16(9-5-13)14(18)17-10-6-15-7-11-17/h12-13,15H,3-11H2,1-2H3. The molecule has 0 radical (unpaired) electrons. The molecule has 2 aliphatic rings. The zero-order chi connectivity index (χ0) is 13.0. The van der Waals surface area contributed by atoms with Gasteiger partial charge in [0.05, 0.1) is 0 Å². The number of likely N-dealkylation sites (tertiary alicyclic amines) is 1. The number of hydrogen-bond acceptors (Lipinski definition) is 2. The predicted octanol–water partition coefficient (Wildman–Crippen LogP) is 1.77. The summed E-state index contributed by atoms with van der Waals surface area (Å²) < 4.78 is 0. The molecule has 0 aromatic carbocycles. The van der Waals surface area contributed by atoms with E-state index in [0.29, 0.717) is 0 Å². The highest BCUT2D eigenvalue weighted by atomic mass is 16.2. The van der Waals surface area contributed by atoms with E-state index in [1.807, 2.05) is 4.90 Å². The van der Waals surface area contributed by atoms with Crippen molar-refractivity contribution in [3.63, 3.8) is 0 Å². The summed E-state index contributed by atoms with van der Waals surface area (Å²) in [5, 5.41) is 3.29. The maximum absolute atomic E-state index is 12.4. The Morgan fingerprint density at radius 2 is 1.72 bits per heavy atom. The van der Waals surface area contributed by atoms with E-state index in [0.717, 1.165) is 51.1 Å². The van der Waals surface area contributed by atoms with Crippen LogP contribution in [0.5, 0.6) is 0 Å². The summed E-state index contributed by atoms with van der Waals surface area (Å²) in [6.07, 6.45) is 3.62. The number of carbonyl (C=O) groups excluding carboxylic acids is 1. The molecule has 4 nitrogen and oxygen atoms in total. The summed E-state index contributed by atoms with van der Waals surface area (Å²) in [6, 6.07) is 0.265. The number of nitrogens with zero attached hydrogens (tertiary/aromatic N) is 2. The molecule has 2 saturated heterocycles. The average molecular weight is 253 g/mol. The fourth-order valence-corrected chi connectivity index (χ4v) is 3.04. The number of amides is 2. The molecule has 0 aromatic heterocycles. The van der Waals surface area contributed by atoms with Gasteiger partial charge in [-0.1, -0.05) is 13.8 Å². The lowest BCUT2D eigenvalue weighted by atomic mass is 9.89. The van der Waals surface area contributed by atoms with Gasteiger partial charge in [-0.05, 0) is 31.1 Å². The number of piperazine rings is 1. The molecule has 2 aliphatic heterocycles. The molecule has 2 amide bonds. The maximum Gasteiger partial charge on any atom is 0.320 e. The SMILES string of the molecule is CC(C)C1CCCN(C(=O)N2CCNCC2)CC1. The molecule has 0 spiro atoms. The highest BCUT2D eigenvalue weighted by Gasteiger charge is 2.26. The van der Waals surface area contributed by atoms with Crippen LogP contribution in [-0.2, 0) is 0 Å². The number of urea groups is 1. The Balaban J connectivity index is 1.86. The second-order valence-electron chi connectivity index (χ2n) is 5.94. The molecule has 2 heterocycles. The molecule has 104 valence electrons. The summed E-state index contributed by atoms with van der Waals surface area (Å²) in [6.45, 7) is 10.1. The van der Waals surface area contributed by atoms with Crippen LogP contribution < -0.4 is 5.32 Å². The van der Waals surface area contributed by atoms with Gasteiger partial charge in [0.25, 0.3) is 0 Å². The highest BCUT2D eigenvalue weighted by molar-refractivity contribution is 5.74. The first-order valence-corrected chi connectivity index (χ1v) is 7.43. The minimum Gasteiger partial charge on any atom is -0.325 e. The Morgan fingerprint density at radius 1 is 1.06 bits per heavy atom. The first-order valence-electron chi connectivity index (χ1n) is 7.43. The molecule has 1 N–H and O–H groups in total. The van der Waals surface area contributed by atoms with Gasteiger partial charge in [0, 0.05) is 39.3 Å². The van der Waals surface area contributed by atoms with Gasteiger partial charge in [-0.25, -0.2) is 4.79 Å². The Morgan fingerprint density at radius 3 is 2.39 bits per heavy atom. The summed E-state index contributed by atoms with van der Waals surface area (Å²) in [7, 11) is 0. The third-order valence-corrected chi connectivity index (χ3v) is 4.37. The molecule has 4 heteroatoms. The van der Waals surface area contributed by atoms with Gasteiger partial charge in [0.2, 0.25) is 0 Å². The van der Waals surface area contributed by atoms with Gasteiger partial charge < -0.3 is 15.1 Å². The smallest absolute Gasteiger partial charge is 0.320 e. The van der Waals surface area contributed by atoms with Crippen LogP contribution in [0.15, 0.2) is 0 Å². The third kappa shape index (κ3) is 3.37. The van der Waals surface area contributed by atoms with Crippen LogP contribution in [0, 0.1) is 11.8 Å². The van der Waals surface area contributed by atoms with Crippen LogP contribution in [0.2, 0.25) is 0 Å². The van der Waals surface area contributed by atoms with E-state index in [-0.39, 0.29) is 6.03 Å². The van der Waals surface area contributed by atoms with Crippen molar-refractivity contribution in [1.82, 2.24) is 15.1 Å². The molecule has 0 saturated carbocycles. The van der Waals surface area contributed by atoms with Crippen LogP contribution in [0.4, 0.5) is 4.79 Å². The van der Waals surface area contributed by atoms with E-state index in [4.69, 9.17) is 0 Å². The van der Waals surface area contributed by atoms with Gasteiger partial charge in [-0.15, -0.1) is 0 Å². The van der Waals surface area contributed by atoms with E-state index in [2.05, 4.69) is 24.1 Å². The van der Waals surface area contributed by atoms with Crippen molar-refractivity contribution >= 4 is 6.03 Å². The minimum atomic E-state index is 0.265. The Bertz CT molecular complexity index is 274. The summed E-state index contributed by atoms with van der Waals surface area (Å²) in [4.78, 5) is 16.5. The van der Waals surface area contributed by atoms with E-state index < -0.39 is 0 Å². The molecule has 18 heavy (non-hydrogen) atoms.